The summed E-state index contributed by atoms with van der Waals surface area (Å²) in [6.07, 6.45) is 40.1. The van der Waals surface area contributed by atoms with Gasteiger partial charge in [0, 0.05) is 19.8 Å². The summed E-state index contributed by atoms with van der Waals surface area (Å²) in [6, 6.07) is -2.53. The first-order chi connectivity index (χ1) is 51.9. The maximum Gasteiger partial charge on any atom is 0.364 e. The molecule has 2 amide bonds. The molecular formula is C84H160N2O21. The predicted octanol–water partition coefficient (Wildman–Crippen LogP) is 13.1. The summed E-state index contributed by atoms with van der Waals surface area (Å²) in [5.74, 6) is -6.09. The zero-order valence-electron chi connectivity index (χ0n) is 67.3. The Balaban J connectivity index is 1.37. The van der Waals surface area contributed by atoms with Crippen LogP contribution < -0.4 is 10.6 Å². The Morgan fingerprint density at radius 2 is 0.813 bits per heavy atom. The van der Waals surface area contributed by atoms with Gasteiger partial charge in [-0.2, -0.15) is 0 Å². The number of hydrogen-bond donors (Lipinski definition) is 14. The molecule has 18 atom stereocenters. The molecule has 0 radical (unpaired) electrons. The number of carbonyl (C=O) groups excluding carboxylic acids is 2. The van der Waals surface area contributed by atoms with Crippen molar-refractivity contribution in [2.75, 3.05) is 26.4 Å². The van der Waals surface area contributed by atoms with Crippen molar-refractivity contribution in [1.82, 2.24) is 10.6 Å². The molecule has 3 heterocycles. The van der Waals surface area contributed by atoms with Crippen molar-refractivity contribution in [1.29, 1.82) is 0 Å². The van der Waals surface area contributed by atoms with E-state index < -0.39 is 148 Å². The van der Waals surface area contributed by atoms with E-state index in [-0.39, 0.29) is 18.9 Å². The van der Waals surface area contributed by atoms with Gasteiger partial charge in [0.15, 0.2) is 12.6 Å². The van der Waals surface area contributed by atoms with Gasteiger partial charge in [0.05, 0.1) is 50.7 Å². The van der Waals surface area contributed by atoms with Crippen LogP contribution >= 0.6 is 0 Å². The third-order valence-electron chi connectivity index (χ3n) is 22.6. The smallest absolute Gasteiger partial charge is 0.364 e. The number of nitrogens with one attached hydrogen (secondary N) is 2. The number of aliphatic carboxylic acids is 1. The minimum Gasteiger partial charge on any atom is -0.477 e. The van der Waals surface area contributed by atoms with Crippen molar-refractivity contribution in [3.8, 4) is 0 Å². The van der Waals surface area contributed by atoms with E-state index >= 15 is 0 Å². The third kappa shape index (κ3) is 42.6. The maximum absolute atomic E-state index is 13.6. The van der Waals surface area contributed by atoms with Crippen molar-refractivity contribution in [3.05, 3.63) is 0 Å². The summed E-state index contributed by atoms with van der Waals surface area (Å²) < 4.78 is 35.0. The van der Waals surface area contributed by atoms with Gasteiger partial charge in [-0.15, -0.1) is 0 Å². The number of amides is 2. The second-order valence-corrected chi connectivity index (χ2v) is 32.1. The number of unbranched alkanes of at least 4 members (excludes halogenated alkanes) is 51. The van der Waals surface area contributed by atoms with Crippen molar-refractivity contribution >= 4 is 17.8 Å². The Kier molecular flexibility index (Phi) is 58.3. The molecule has 23 heteroatoms. The molecule has 0 saturated carbocycles. The summed E-state index contributed by atoms with van der Waals surface area (Å²) >= 11 is 0. The quantitative estimate of drug-likeness (QED) is 0.0252. The van der Waals surface area contributed by atoms with E-state index in [1.807, 2.05) is 0 Å². The predicted molar refractivity (Wildman–Crippen MR) is 417 cm³/mol. The Labute approximate surface area is 646 Å². The Morgan fingerprint density at radius 1 is 0.449 bits per heavy atom. The first-order valence-corrected chi connectivity index (χ1v) is 43.9. The molecule has 632 valence electrons. The van der Waals surface area contributed by atoms with Gasteiger partial charge in [-0.25, -0.2) is 4.79 Å². The molecule has 0 spiro atoms. The molecule has 18 unspecified atom stereocenters. The first-order valence-electron chi connectivity index (χ1n) is 43.9. The molecule has 0 aliphatic carbocycles. The normalized spacial score (nSPS) is 25.9. The van der Waals surface area contributed by atoms with Crippen LogP contribution in [-0.4, -0.2) is 215 Å². The second kappa shape index (κ2) is 63.1. The fraction of sp³-hybridized carbons (Fsp3) is 0.964. The first kappa shape index (κ1) is 98.9. The average molecular weight is 1530 g/mol. The van der Waals surface area contributed by atoms with Crippen LogP contribution in [0.3, 0.4) is 0 Å². The summed E-state index contributed by atoms with van der Waals surface area (Å²) in [4.78, 5) is 38.7. The Hall–Kier alpha value is -2.27. The SMILES string of the molecule is CCCCCCCCCCCCCCCCCCCCCCCCCCCCCCCCCCCCCCCCCC(=O)NC(COC1OC(CO)C(OC2OC(CO)C(O)C(OC3(C(=O)O)CC(O)C(NC(C)=O)C(C(O)C(O)CO)O3)C2O)C(O)C1O)C(O)CCCCCCCCCCCCCCCC. The highest BCUT2D eigenvalue weighted by atomic mass is 16.8. The maximum atomic E-state index is 13.6. The molecule has 3 rings (SSSR count). The van der Waals surface area contributed by atoms with Crippen LogP contribution in [0.4, 0.5) is 0 Å². The van der Waals surface area contributed by atoms with Crippen LogP contribution in [0.15, 0.2) is 0 Å². The van der Waals surface area contributed by atoms with Crippen LogP contribution in [0.25, 0.3) is 0 Å². The fourth-order valence-corrected chi connectivity index (χ4v) is 15.7. The highest BCUT2D eigenvalue weighted by molar-refractivity contribution is 5.77. The average Bonchev–Trinajstić information content (AvgIpc) is 0.754. The van der Waals surface area contributed by atoms with Gasteiger partial charge in [-0.1, -0.05) is 348 Å². The molecule has 3 saturated heterocycles. The van der Waals surface area contributed by atoms with Gasteiger partial charge in [-0.05, 0) is 12.8 Å². The van der Waals surface area contributed by atoms with E-state index in [1.165, 1.54) is 283 Å². The summed E-state index contributed by atoms with van der Waals surface area (Å²) in [5.41, 5.74) is 0. The number of carbonyl (C=O) groups is 3. The number of aliphatic hydroxyl groups excluding tert-OH is 11. The van der Waals surface area contributed by atoms with Crippen LogP contribution in [0, 0.1) is 0 Å². The second-order valence-electron chi connectivity index (χ2n) is 32.1. The van der Waals surface area contributed by atoms with Crippen LogP contribution in [0.5, 0.6) is 0 Å². The molecule has 107 heavy (non-hydrogen) atoms. The Bertz CT molecular complexity index is 2120. The molecule has 0 aromatic rings. The number of aliphatic hydroxyl groups is 11. The molecule has 0 aromatic heterocycles. The largest absolute Gasteiger partial charge is 0.477 e. The molecule has 14 N–H and O–H groups in total. The molecule has 3 fully saturated rings. The van der Waals surface area contributed by atoms with Gasteiger partial charge in [0.1, 0.15) is 67.1 Å². The van der Waals surface area contributed by atoms with Gasteiger partial charge < -0.3 is 100 Å². The van der Waals surface area contributed by atoms with E-state index in [9.17, 15) is 75.7 Å². The van der Waals surface area contributed by atoms with Crippen molar-refractivity contribution in [3.63, 3.8) is 0 Å². The lowest BCUT2D eigenvalue weighted by Gasteiger charge is -2.50. The van der Waals surface area contributed by atoms with Gasteiger partial charge in [0.25, 0.3) is 5.79 Å². The van der Waals surface area contributed by atoms with Gasteiger partial charge in [0.2, 0.25) is 11.8 Å². The lowest BCUT2D eigenvalue weighted by molar-refractivity contribution is -0.386. The van der Waals surface area contributed by atoms with Crippen molar-refractivity contribution in [2.24, 2.45) is 0 Å². The van der Waals surface area contributed by atoms with Crippen LogP contribution in [0.1, 0.15) is 380 Å². The van der Waals surface area contributed by atoms with E-state index in [1.54, 1.807) is 0 Å². The van der Waals surface area contributed by atoms with E-state index in [2.05, 4.69) is 24.5 Å². The fourth-order valence-electron chi connectivity index (χ4n) is 15.7. The lowest BCUT2D eigenvalue weighted by Crippen LogP contribution is -2.70. The minimum absolute atomic E-state index is 0.230. The molecule has 0 bridgehead atoms. The summed E-state index contributed by atoms with van der Waals surface area (Å²) in [7, 11) is 0. The minimum atomic E-state index is -3.08. The molecular weight excluding hydrogens is 1370 g/mol. The number of ether oxygens (including phenoxy) is 6. The zero-order valence-corrected chi connectivity index (χ0v) is 67.3. The monoisotopic (exact) mass is 1530 g/mol. The van der Waals surface area contributed by atoms with Crippen molar-refractivity contribution in [2.45, 2.75) is 490 Å². The molecule has 23 nitrogen and oxygen atoms in total. The Morgan fingerprint density at radius 3 is 1.17 bits per heavy atom. The summed E-state index contributed by atoms with van der Waals surface area (Å²) in [5, 5.41) is 137. The molecule has 0 aromatic carbocycles. The molecule has 3 aliphatic heterocycles. The number of carboxylic acid groups (broad SMARTS) is 1. The van der Waals surface area contributed by atoms with Crippen LogP contribution in [-0.2, 0) is 42.8 Å². The highest BCUT2D eigenvalue weighted by Gasteiger charge is 2.60. The summed E-state index contributed by atoms with van der Waals surface area (Å²) in [6.45, 7) is 2.26. The zero-order chi connectivity index (χ0) is 78.1. The third-order valence-corrected chi connectivity index (χ3v) is 22.6. The highest BCUT2D eigenvalue weighted by Crippen LogP contribution is 2.39. The number of carboxylic acids is 1. The van der Waals surface area contributed by atoms with E-state index in [0.717, 1.165) is 51.9 Å². The van der Waals surface area contributed by atoms with Gasteiger partial charge in [-0.3, -0.25) is 9.59 Å². The van der Waals surface area contributed by atoms with E-state index in [0.29, 0.717) is 19.3 Å². The van der Waals surface area contributed by atoms with Crippen molar-refractivity contribution < 1.29 is 104 Å². The number of hydrogen-bond acceptors (Lipinski definition) is 20. The van der Waals surface area contributed by atoms with E-state index in [4.69, 9.17) is 28.4 Å². The standard InChI is InChI=1S/C84H160N2O21/c1-4-6-8-10-12-14-16-18-20-21-22-23-24-25-26-27-28-29-30-31-32-33-34-35-36-37-38-39-40-41-42-43-44-46-48-50-52-54-56-58-71(94)86-65(66(91)57-55-53-51-49-47-45-19-17-15-13-11-9-7-5-2)63-102-81-76(98)75(97)78(70(62-89)104-81)105-82-77(99)80(74(96)69(61-88)103-82)107-84(83(100)101)59-67(92)72(85-64(3)90)79(106-84)73(95)68(93)60-87/h65-70,72-82,87-89,91-93,95-99H,4-63H2,1-3H3,(H,85,90)(H,86,94)(H,100,101). The van der Waals surface area contributed by atoms with Crippen LogP contribution in [0.2, 0.25) is 0 Å². The molecule has 3 aliphatic rings. The van der Waals surface area contributed by atoms with Gasteiger partial charge >= 0.3 is 5.97 Å². The lowest BCUT2D eigenvalue weighted by atomic mass is 9.88. The topological polar surface area (TPSA) is 373 Å². The number of rotatable bonds is 71.